The Bertz CT molecular complexity index is 464. The fraction of sp³-hybridized carbons (Fsp3) is 0.200. The number of ether oxygens (including phenoxy) is 1. The largest absolute Gasteiger partial charge is 0.491 e. The van der Waals surface area contributed by atoms with Crippen LogP contribution in [0.2, 0.25) is 0 Å². The molecule has 2 N–H and O–H groups in total. The van der Waals surface area contributed by atoms with Crippen LogP contribution in [0.4, 0.5) is 5.69 Å². The van der Waals surface area contributed by atoms with Gasteiger partial charge in [-0.05, 0) is 24.4 Å². The third-order valence-corrected chi connectivity index (χ3v) is 3.22. The Balaban J connectivity index is 2.69. The van der Waals surface area contributed by atoms with Gasteiger partial charge >= 0.3 is 0 Å². The minimum absolute atomic E-state index is 0.605. The van der Waals surface area contributed by atoms with Gasteiger partial charge in [-0.15, -0.1) is 24.0 Å². The maximum atomic E-state index is 5.98. The number of benzene rings is 1. The van der Waals surface area contributed by atoms with Crippen LogP contribution in [0.3, 0.4) is 0 Å². The lowest BCUT2D eigenvalue weighted by atomic mass is 10.2. The second kappa shape index (κ2) is 3.71. The maximum absolute atomic E-state index is 5.98. The Hall–Kier alpha value is -0.870. The Labute approximate surface area is 92.1 Å². The van der Waals surface area contributed by atoms with Crippen LogP contribution in [0.15, 0.2) is 22.4 Å². The Morgan fingerprint density at radius 1 is 1.57 bits per heavy atom. The minimum atomic E-state index is 0.605. The zero-order valence-corrected chi connectivity index (χ0v) is 9.49. The summed E-state index contributed by atoms with van der Waals surface area (Å²) in [4.78, 5) is 0.805. The van der Waals surface area contributed by atoms with Crippen LogP contribution in [0, 0.1) is 0 Å². The van der Waals surface area contributed by atoms with Crippen LogP contribution < -0.4 is 10.5 Å². The van der Waals surface area contributed by atoms with Gasteiger partial charge in [0.25, 0.3) is 0 Å². The SMILES string of the molecule is CCOc1c(S)cc2sccc2c1N. The summed E-state index contributed by atoms with van der Waals surface area (Å²) in [7, 11) is 0. The van der Waals surface area contributed by atoms with Crippen LogP contribution >= 0.6 is 24.0 Å². The van der Waals surface area contributed by atoms with Gasteiger partial charge in [-0.3, -0.25) is 0 Å². The van der Waals surface area contributed by atoms with E-state index in [9.17, 15) is 0 Å². The van der Waals surface area contributed by atoms with Gasteiger partial charge in [-0.2, -0.15) is 0 Å². The molecule has 1 aromatic heterocycles. The molecule has 4 heteroatoms. The summed E-state index contributed by atoms with van der Waals surface area (Å²) in [5.41, 5.74) is 6.67. The molecule has 0 atom stereocenters. The molecule has 1 heterocycles. The molecule has 0 unspecified atom stereocenters. The van der Waals surface area contributed by atoms with E-state index in [0.29, 0.717) is 18.0 Å². The minimum Gasteiger partial charge on any atom is -0.491 e. The normalized spacial score (nSPS) is 10.7. The van der Waals surface area contributed by atoms with Crippen molar-refractivity contribution < 1.29 is 4.74 Å². The topological polar surface area (TPSA) is 35.2 Å². The molecule has 0 spiro atoms. The molecule has 2 rings (SSSR count). The highest BCUT2D eigenvalue weighted by Gasteiger charge is 2.10. The number of thiophene rings is 1. The molecule has 2 aromatic rings. The zero-order chi connectivity index (χ0) is 10.1. The summed E-state index contributed by atoms with van der Waals surface area (Å²) in [6.45, 7) is 2.54. The van der Waals surface area contributed by atoms with Crippen molar-refractivity contribution in [1.82, 2.24) is 0 Å². The molecular formula is C10H11NOS2. The number of fused-ring (bicyclic) bond motifs is 1. The summed E-state index contributed by atoms with van der Waals surface area (Å²) in [6, 6.07) is 4.00. The van der Waals surface area contributed by atoms with Crippen molar-refractivity contribution in [1.29, 1.82) is 0 Å². The van der Waals surface area contributed by atoms with Crippen molar-refractivity contribution in [3.05, 3.63) is 17.5 Å². The van der Waals surface area contributed by atoms with Gasteiger partial charge in [-0.1, -0.05) is 0 Å². The van der Waals surface area contributed by atoms with Gasteiger partial charge in [0.2, 0.25) is 0 Å². The van der Waals surface area contributed by atoms with E-state index >= 15 is 0 Å². The average molecular weight is 225 g/mol. The molecule has 0 aliphatic carbocycles. The highest BCUT2D eigenvalue weighted by Crippen LogP contribution is 2.38. The van der Waals surface area contributed by atoms with Crippen molar-refractivity contribution in [3.63, 3.8) is 0 Å². The predicted octanol–water partition coefficient (Wildman–Crippen LogP) is 3.17. The lowest BCUT2D eigenvalue weighted by Crippen LogP contribution is -1.98. The van der Waals surface area contributed by atoms with E-state index in [1.54, 1.807) is 11.3 Å². The number of nitrogens with two attached hydrogens (primary N) is 1. The van der Waals surface area contributed by atoms with Crippen LogP contribution in [0.5, 0.6) is 5.75 Å². The molecule has 0 saturated carbocycles. The molecule has 0 aliphatic heterocycles. The second-order valence-electron chi connectivity index (χ2n) is 2.90. The molecule has 0 aliphatic rings. The average Bonchev–Trinajstić information content (AvgIpc) is 2.60. The summed E-state index contributed by atoms with van der Waals surface area (Å²) < 4.78 is 6.60. The Morgan fingerprint density at radius 3 is 3.07 bits per heavy atom. The van der Waals surface area contributed by atoms with Gasteiger partial charge in [0, 0.05) is 15.0 Å². The fourth-order valence-corrected chi connectivity index (χ4v) is 2.64. The smallest absolute Gasteiger partial charge is 0.156 e. The van der Waals surface area contributed by atoms with Crippen LogP contribution in [0.1, 0.15) is 6.92 Å². The highest BCUT2D eigenvalue weighted by atomic mass is 32.1. The first-order chi connectivity index (χ1) is 6.74. The summed E-state index contributed by atoms with van der Waals surface area (Å²) in [5, 5.41) is 3.07. The molecule has 74 valence electrons. The molecule has 0 bridgehead atoms. The summed E-state index contributed by atoms with van der Waals surface area (Å²) in [6.07, 6.45) is 0. The highest BCUT2D eigenvalue weighted by molar-refractivity contribution is 7.80. The molecule has 0 fully saturated rings. The van der Waals surface area contributed by atoms with Crippen LogP contribution in [0.25, 0.3) is 10.1 Å². The lowest BCUT2D eigenvalue weighted by Gasteiger charge is -2.10. The van der Waals surface area contributed by atoms with E-state index in [2.05, 4.69) is 12.6 Å². The Morgan fingerprint density at radius 2 is 2.36 bits per heavy atom. The van der Waals surface area contributed by atoms with Gasteiger partial charge in [0.05, 0.1) is 12.3 Å². The molecule has 14 heavy (non-hydrogen) atoms. The fourth-order valence-electron chi connectivity index (χ4n) is 1.40. The quantitative estimate of drug-likeness (QED) is 0.608. The van der Waals surface area contributed by atoms with Crippen molar-refractivity contribution >= 4 is 39.7 Å². The summed E-state index contributed by atoms with van der Waals surface area (Å²) >= 11 is 6.01. The van der Waals surface area contributed by atoms with Crippen molar-refractivity contribution in [2.45, 2.75) is 11.8 Å². The van der Waals surface area contributed by atoms with E-state index in [1.807, 2.05) is 24.4 Å². The number of nitrogen functional groups attached to an aromatic ring is 1. The Kier molecular flexibility index (Phi) is 2.56. The molecule has 0 amide bonds. The first-order valence-corrected chi connectivity index (χ1v) is 5.68. The van der Waals surface area contributed by atoms with Gasteiger partial charge in [0.15, 0.2) is 5.75 Å². The number of hydrogen-bond acceptors (Lipinski definition) is 4. The van der Waals surface area contributed by atoms with Gasteiger partial charge in [0.1, 0.15) is 0 Å². The van der Waals surface area contributed by atoms with E-state index in [0.717, 1.165) is 15.0 Å². The molecule has 0 radical (unpaired) electrons. The third-order valence-electron chi connectivity index (χ3n) is 2.02. The number of hydrogen-bond donors (Lipinski definition) is 2. The van der Waals surface area contributed by atoms with E-state index in [4.69, 9.17) is 10.5 Å². The van der Waals surface area contributed by atoms with Crippen LogP contribution in [-0.2, 0) is 0 Å². The van der Waals surface area contributed by atoms with Crippen LogP contribution in [-0.4, -0.2) is 6.61 Å². The standard InChI is InChI=1S/C10H11NOS2/c1-2-12-10-7(13)5-8-6(9(10)11)3-4-14-8/h3-5,13H,2,11H2,1H3. The van der Waals surface area contributed by atoms with Crippen molar-refractivity contribution in [2.75, 3.05) is 12.3 Å². The monoisotopic (exact) mass is 225 g/mol. The predicted molar refractivity (Wildman–Crippen MR) is 64.7 cm³/mol. The van der Waals surface area contributed by atoms with E-state index in [1.165, 1.54) is 0 Å². The third kappa shape index (κ3) is 1.44. The van der Waals surface area contributed by atoms with Gasteiger partial charge < -0.3 is 10.5 Å². The molecule has 0 saturated heterocycles. The van der Waals surface area contributed by atoms with E-state index in [-0.39, 0.29) is 0 Å². The number of rotatable bonds is 2. The molecular weight excluding hydrogens is 214 g/mol. The zero-order valence-electron chi connectivity index (χ0n) is 7.78. The number of anilines is 1. The first-order valence-electron chi connectivity index (χ1n) is 4.35. The number of thiol groups is 1. The molecule has 1 aromatic carbocycles. The lowest BCUT2D eigenvalue weighted by molar-refractivity contribution is 0.335. The van der Waals surface area contributed by atoms with E-state index < -0.39 is 0 Å². The summed E-state index contributed by atoms with van der Waals surface area (Å²) in [5.74, 6) is 0.696. The van der Waals surface area contributed by atoms with Gasteiger partial charge in [-0.25, -0.2) is 0 Å². The maximum Gasteiger partial charge on any atom is 0.156 e. The molecule has 2 nitrogen and oxygen atoms in total. The first kappa shape index (κ1) is 9.68. The van der Waals surface area contributed by atoms with Crippen molar-refractivity contribution in [2.24, 2.45) is 0 Å². The van der Waals surface area contributed by atoms with Crippen molar-refractivity contribution in [3.8, 4) is 5.75 Å². The second-order valence-corrected chi connectivity index (χ2v) is 4.33.